The minimum absolute atomic E-state index is 0.0517. The number of para-hydroxylation sites is 1. The van der Waals surface area contributed by atoms with Crippen LogP contribution in [0.15, 0.2) is 90.6 Å². The lowest BCUT2D eigenvalue weighted by Crippen LogP contribution is -2.54. The number of amides is 2. The average Bonchev–Trinajstić information content (AvgIpc) is 3.20. The molecule has 1 saturated heterocycles. The van der Waals surface area contributed by atoms with E-state index in [4.69, 9.17) is 12.2 Å². The zero-order chi connectivity index (χ0) is 23.7. The Morgan fingerprint density at radius 2 is 1.59 bits per heavy atom. The van der Waals surface area contributed by atoms with Crippen molar-refractivity contribution in [2.45, 2.75) is 19.9 Å². The van der Waals surface area contributed by atoms with E-state index in [1.807, 2.05) is 72.9 Å². The molecule has 0 bridgehead atoms. The van der Waals surface area contributed by atoms with Crippen LogP contribution in [0.2, 0.25) is 0 Å². The fraction of sp³-hybridized carbons (Fsp3) is 0.107. The third-order valence-electron chi connectivity index (χ3n) is 6.02. The second-order valence-corrected chi connectivity index (χ2v) is 8.58. The number of carbonyl (C=O) groups excluding carboxylic acids is 2. The van der Waals surface area contributed by atoms with E-state index in [0.717, 1.165) is 28.5 Å². The molecule has 0 radical (unpaired) electrons. The zero-order valence-electron chi connectivity index (χ0n) is 18.7. The summed E-state index contributed by atoms with van der Waals surface area (Å²) < 4.78 is 2.13. The van der Waals surface area contributed by atoms with Crippen LogP contribution in [-0.4, -0.2) is 21.5 Å². The zero-order valence-corrected chi connectivity index (χ0v) is 19.5. The number of aryl methyl sites for hydroxylation is 1. The molecule has 0 aliphatic carbocycles. The lowest BCUT2D eigenvalue weighted by Gasteiger charge is -2.29. The molecule has 1 aliphatic heterocycles. The third-order valence-corrected chi connectivity index (χ3v) is 6.30. The maximum Gasteiger partial charge on any atom is 0.270 e. The number of anilines is 1. The standard InChI is InChI=1S/C28H23N3O2S/c1-2-19-12-14-22(15-13-19)31-27(33)24(26(32)29-28(31)34)16-21-18-30(17-20-8-4-3-5-9-20)25-11-7-6-10-23(21)25/h3-16,18H,2,17H2,1H3,(H,29,32,34)/b24-16+. The molecule has 0 unspecified atom stereocenters. The first-order chi connectivity index (χ1) is 16.5. The summed E-state index contributed by atoms with van der Waals surface area (Å²) >= 11 is 5.34. The molecule has 168 valence electrons. The van der Waals surface area contributed by atoms with Crippen molar-refractivity contribution < 1.29 is 9.59 Å². The van der Waals surface area contributed by atoms with Crippen LogP contribution in [0, 0.1) is 0 Å². The first-order valence-electron chi connectivity index (χ1n) is 11.2. The summed E-state index contributed by atoms with van der Waals surface area (Å²) in [7, 11) is 0. The number of nitrogens with one attached hydrogen (secondary N) is 1. The highest BCUT2D eigenvalue weighted by atomic mass is 32.1. The van der Waals surface area contributed by atoms with E-state index in [9.17, 15) is 9.59 Å². The van der Waals surface area contributed by atoms with Gasteiger partial charge in [0.05, 0.1) is 5.69 Å². The summed E-state index contributed by atoms with van der Waals surface area (Å²) in [5.74, 6) is -0.922. The number of fused-ring (bicyclic) bond motifs is 1. The molecule has 0 atom stereocenters. The molecule has 0 spiro atoms. The molecule has 6 heteroatoms. The minimum Gasteiger partial charge on any atom is -0.342 e. The fourth-order valence-corrected chi connectivity index (χ4v) is 4.51. The number of hydrogen-bond donors (Lipinski definition) is 1. The second kappa shape index (κ2) is 9.08. The summed E-state index contributed by atoms with van der Waals surface area (Å²) in [6, 6.07) is 25.8. The Balaban J connectivity index is 1.55. The van der Waals surface area contributed by atoms with E-state index in [2.05, 4.69) is 28.9 Å². The Labute approximate surface area is 203 Å². The van der Waals surface area contributed by atoms with Crippen molar-refractivity contribution in [1.82, 2.24) is 9.88 Å². The third kappa shape index (κ3) is 4.04. The number of carbonyl (C=O) groups is 2. The van der Waals surface area contributed by atoms with Crippen LogP contribution >= 0.6 is 12.2 Å². The summed E-state index contributed by atoms with van der Waals surface area (Å²) in [5.41, 5.74) is 4.84. The Hall–Kier alpha value is -4.03. The number of hydrogen-bond acceptors (Lipinski definition) is 3. The summed E-state index contributed by atoms with van der Waals surface area (Å²) in [6.07, 6.45) is 4.54. The highest BCUT2D eigenvalue weighted by Crippen LogP contribution is 2.27. The van der Waals surface area contributed by atoms with Gasteiger partial charge in [-0.2, -0.15) is 0 Å². The second-order valence-electron chi connectivity index (χ2n) is 8.19. The molecular formula is C28H23N3O2S. The quantitative estimate of drug-likeness (QED) is 0.254. The number of benzene rings is 3. The molecule has 2 heterocycles. The summed E-state index contributed by atoms with van der Waals surface area (Å²) in [6.45, 7) is 2.76. The lowest BCUT2D eigenvalue weighted by molar-refractivity contribution is -0.122. The van der Waals surface area contributed by atoms with Gasteiger partial charge in [-0.15, -0.1) is 0 Å². The molecule has 1 aliphatic rings. The van der Waals surface area contributed by atoms with Gasteiger partial charge in [-0.1, -0.05) is 67.6 Å². The Morgan fingerprint density at radius 3 is 2.32 bits per heavy atom. The Morgan fingerprint density at radius 1 is 0.882 bits per heavy atom. The summed E-state index contributed by atoms with van der Waals surface area (Å²) in [4.78, 5) is 27.6. The van der Waals surface area contributed by atoms with Gasteiger partial charge in [0.2, 0.25) is 0 Å². The van der Waals surface area contributed by atoms with Gasteiger partial charge >= 0.3 is 0 Å². The normalized spacial score (nSPS) is 15.3. The molecule has 3 aromatic carbocycles. The van der Waals surface area contributed by atoms with Crippen LogP contribution in [-0.2, 0) is 22.6 Å². The van der Waals surface area contributed by atoms with E-state index in [-0.39, 0.29) is 10.7 Å². The Bertz CT molecular complexity index is 1440. The fourth-order valence-electron chi connectivity index (χ4n) is 4.23. The predicted octanol–water partition coefficient (Wildman–Crippen LogP) is 5.08. The van der Waals surface area contributed by atoms with Crippen molar-refractivity contribution in [3.8, 4) is 0 Å². The van der Waals surface area contributed by atoms with E-state index < -0.39 is 11.8 Å². The van der Waals surface area contributed by atoms with Crippen LogP contribution in [0.4, 0.5) is 5.69 Å². The van der Waals surface area contributed by atoms with Gasteiger partial charge in [-0.3, -0.25) is 19.8 Å². The van der Waals surface area contributed by atoms with Gasteiger partial charge in [-0.25, -0.2) is 0 Å². The Kier molecular flexibility index (Phi) is 5.82. The average molecular weight is 466 g/mol. The SMILES string of the molecule is CCc1ccc(N2C(=O)/C(=C/c3cn(Cc4ccccc4)c4ccccc34)C(=O)NC2=S)cc1. The molecule has 4 aromatic rings. The van der Waals surface area contributed by atoms with Crippen LogP contribution in [0.5, 0.6) is 0 Å². The maximum absolute atomic E-state index is 13.4. The molecule has 5 nitrogen and oxygen atoms in total. The number of aromatic nitrogens is 1. The molecule has 34 heavy (non-hydrogen) atoms. The van der Waals surface area contributed by atoms with E-state index >= 15 is 0 Å². The predicted molar refractivity (Wildman–Crippen MR) is 140 cm³/mol. The largest absolute Gasteiger partial charge is 0.342 e. The van der Waals surface area contributed by atoms with Gasteiger partial charge in [0.1, 0.15) is 5.57 Å². The molecule has 0 saturated carbocycles. The van der Waals surface area contributed by atoms with E-state index in [1.165, 1.54) is 10.5 Å². The van der Waals surface area contributed by atoms with E-state index in [0.29, 0.717) is 12.2 Å². The highest BCUT2D eigenvalue weighted by molar-refractivity contribution is 7.80. The molecule has 2 amide bonds. The van der Waals surface area contributed by atoms with Crippen LogP contribution in [0.3, 0.4) is 0 Å². The minimum atomic E-state index is -0.490. The van der Waals surface area contributed by atoms with Crippen LogP contribution in [0.25, 0.3) is 17.0 Å². The van der Waals surface area contributed by atoms with E-state index in [1.54, 1.807) is 6.08 Å². The van der Waals surface area contributed by atoms with Gasteiger partial charge in [-0.05, 0) is 54.0 Å². The van der Waals surface area contributed by atoms with Crippen molar-refractivity contribution in [1.29, 1.82) is 0 Å². The molecule has 1 N–H and O–H groups in total. The smallest absolute Gasteiger partial charge is 0.270 e. The summed E-state index contributed by atoms with van der Waals surface area (Å²) in [5, 5.41) is 3.73. The van der Waals surface area contributed by atoms with Gasteiger partial charge < -0.3 is 4.57 Å². The van der Waals surface area contributed by atoms with Crippen LogP contribution in [0.1, 0.15) is 23.6 Å². The topological polar surface area (TPSA) is 54.3 Å². The molecule has 1 aromatic heterocycles. The first kappa shape index (κ1) is 21.8. The first-order valence-corrected chi connectivity index (χ1v) is 11.6. The molecule has 1 fully saturated rings. The molecule has 5 rings (SSSR count). The molecular weight excluding hydrogens is 442 g/mol. The van der Waals surface area contributed by atoms with Crippen molar-refractivity contribution in [3.63, 3.8) is 0 Å². The van der Waals surface area contributed by atoms with Crippen LogP contribution < -0.4 is 10.2 Å². The van der Waals surface area contributed by atoms with Gasteiger partial charge in [0.25, 0.3) is 11.8 Å². The number of rotatable bonds is 5. The monoisotopic (exact) mass is 465 g/mol. The van der Waals surface area contributed by atoms with Crippen molar-refractivity contribution in [3.05, 3.63) is 107 Å². The number of nitrogens with zero attached hydrogens (tertiary/aromatic N) is 2. The van der Waals surface area contributed by atoms with Crippen molar-refractivity contribution in [2.24, 2.45) is 0 Å². The van der Waals surface area contributed by atoms with Crippen molar-refractivity contribution >= 4 is 51.8 Å². The number of thiocarbonyl (C=S) groups is 1. The highest BCUT2D eigenvalue weighted by Gasteiger charge is 2.34. The maximum atomic E-state index is 13.4. The van der Waals surface area contributed by atoms with Gasteiger partial charge in [0.15, 0.2) is 5.11 Å². The van der Waals surface area contributed by atoms with Gasteiger partial charge in [0, 0.05) is 29.2 Å². The lowest BCUT2D eigenvalue weighted by atomic mass is 10.1. The van der Waals surface area contributed by atoms with Crippen molar-refractivity contribution in [2.75, 3.05) is 4.90 Å².